The lowest BCUT2D eigenvalue weighted by Crippen LogP contribution is -2.44. The Balaban J connectivity index is 2.16. The summed E-state index contributed by atoms with van der Waals surface area (Å²) in [5.74, 6) is -0.889. The van der Waals surface area contributed by atoms with E-state index in [2.05, 4.69) is 0 Å². The van der Waals surface area contributed by atoms with Crippen molar-refractivity contribution in [3.8, 4) is 5.75 Å². The predicted molar refractivity (Wildman–Crippen MR) is 88.6 cm³/mol. The van der Waals surface area contributed by atoms with Crippen molar-refractivity contribution in [1.82, 2.24) is 4.90 Å². The van der Waals surface area contributed by atoms with Crippen molar-refractivity contribution in [2.45, 2.75) is 44.9 Å². The van der Waals surface area contributed by atoms with Gasteiger partial charge in [0.05, 0.1) is 19.3 Å². The molecule has 1 aromatic rings. The molecule has 1 unspecified atom stereocenters. The number of benzene rings is 1. The molecule has 1 saturated heterocycles. The molecule has 1 aliphatic rings. The molecule has 7 nitrogen and oxygen atoms in total. The third-order valence-corrected chi connectivity index (χ3v) is 3.63. The highest BCUT2D eigenvalue weighted by Gasteiger charge is 2.43. The molecule has 1 aromatic carbocycles. The Kier molecular flexibility index (Phi) is 5.39. The molecule has 0 radical (unpaired) electrons. The van der Waals surface area contributed by atoms with E-state index in [1.807, 2.05) is 0 Å². The minimum Gasteiger partial charge on any atom is -0.486 e. The normalized spacial score (nSPS) is 20.3. The van der Waals surface area contributed by atoms with E-state index in [1.165, 1.54) is 30.2 Å². The first-order valence-corrected chi connectivity index (χ1v) is 7.90. The summed E-state index contributed by atoms with van der Waals surface area (Å²) in [6.45, 7) is 5.30. The lowest BCUT2D eigenvalue weighted by Gasteiger charge is -2.27. The Morgan fingerprint density at radius 3 is 2.60 bits per heavy atom. The standard InChI is InChI=1S/C17H23FN2O5/c1-17(2,3)25-16(22)20-9-11(8-13(20)15(21)23-4)24-14-7-10(18)5-6-12(14)19/h5-7,11,13H,8-9,19H2,1-4H3/t11-,13?/m0/s1. The monoisotopic (exact) mass is 354 g/mol. The average molecular weight is 354 g/mol. The van der Waals surface area contributed by atoms with Gasteiger partial charge in [-0.05, 0) is 32.9 Å². The summed E-state index contributed by atoms with van der Waals surface area (Å²) in [5.41, 5.74) is 5.34. The summed E-state index contributed by atoms with van der Waals surface area (Å²) in [7, 11) is 1.24. The Labute approximate surface area is 145 Å². The molecule has 2 atom stereocenters. The van der Waals surface area contributed by atoms with Gasteiger partial charge in [0.25, 0.3) is 0 Å². The van der Waals surface area contributed by atoms with Gasteiger partial charge >= 0.3 is 12.1 Å². The van der Waals surface area contributed by atoms with E-state index in [1.54, 1.807) is 20.8 Å². The molecular weight excluding hydrogens is 331 g/mol. The Morgan fingerprint density at radius 2 is 2.00 bits per heavy atom. The number of methoxy groups -OCH3 is 1. The molecule has 0 spiro atoms. The fourth-order valence-electron chi connectivity index (χ4n) is 2.55. The maximum Gasteiger partial charge on any atom is 0.411 e. The quantitative estimate of drug-likeness (QED) is 0.662. The zero-order valence-electron chi connectivity index (χ0n) is 14.7. The Hall–Kier alpha value is -2.51. The number of hydrogen-bond acceptors (Lipinski definition) is 6. The van der Waals surface area contributed by atoms with Gasteiger partial charge in [-0.25, -0.2) is 14.0 Å². The summed E-state index contributed by atoms with van der Waals surface area (Å²) in [6, 6.07) is 2.95. The second-order valence-corrected chi connectivity index (χ2v) is 6.83. The molecule has 1 heterocycles. The van der Waals surface area contributed by atoms with Crippen LogP contribution in [0.15, 0.2) is 18.2 Å². The van der Waals surface area contributed by atoms with Crippen LogP contribution in [0, 0.1) is 5.82 Å². The van der Waals surface area contributed by atoms with Crippen molar-refractivity contribution in [2.75, 3.05) is 19.4 Å². The van der Waals surface area contributed by atoms with Gasteiger partial charge in [0.15, 0.2) is 0 Å². The van der Waals surface area contributed by atoms with Gasteiger partial charge in [0, 0.05) is 12.5 Å². The van der Waals surface area contributed by atoms with Gasteiger partial charge in [0.1, 0.15) is 29.3 Å². The Morgan fingerprint density at radius 1 is 1.32 bits per heavy atom. The van der Waals surface area contributed by atoms with Crippen LogP contribution >= 0.6 is 0 Å². The summed E-state index contributed by atoms with van der Waals surface area (Å²) in [5, 5.41) is 0. The molecule has 1 fully saturated rings. The number of halogens is 1. The molecule has 1 aliphatic heterocycles. The minimum absolute atomic E-state index is 0.102. The van der Waals surface area contributed by atoms with E-state index in [9.17, 15) is 14.0 Å². The third-order valence-electron chi connectivity index (χ3n) is 3.63. The summed E-state index contributed by atoms with van der Waals surface area (Å²) < 4.78 is 29.2. The summed E-state index contributed by atoms with van der Waals surface area (Å²) in [6.07, 6.45) is -0.982. The van der Waals surface area contributed by atoms with Gasteiger partial charge < -0.3 is 19.9 Å². The van der Waals surface area contributed by atoms with E-state index >= 15 is 0 Å². The van der Waals surface area contributed by atoms with E-state index in [0.717, 1.165) is 0 Å². The second kappa shape index (κ2) is 7.16. The smallest absolute Gasteiger partial charge is 0.411 e. The zero-order chi connectivity index (χ0) is 18.8. The number of amides is 1. The molecule has 2 N–H and O–H groups in total. The average Bonchev–Trinajstić information content (AvgIpc) is 2.92. The number of carbonyl (C=O) groups is 2. The fraction of sp³-hybridized carbons (Fsp3) is 0.529. The van der Waals surface area contributed by atoms with Crippen LogP contribution in [-0.2, 0) is 14.3 Å². The number of nitrogen functional groups attached to an aromatic ring is 1. The maximum absolute atomic E-state index is 13.4. The van der Waals surface area contributed by atoms with Crippen LogP contribution in [-0.4, -0.2) is 48.4 Å². The SMILES string of the molecule is COC(=O)C1C[C@H](Oc2cc(F)ccc2N)CN1C(=O)OC(C)(C)C. The first kappa shape index (κ1) is 18.8. The molecule has 25 heavy (non-hydrogen) atoms. The second-order valence-electron chi connectivity index (χ2n) is 6.83. The van der Waals surface area contributed by atoms with Gasteiger partial charge in [-0.3, -0.25) is 4.90 Å². The summed E-state index contributed by atoms with van der Waals surface area (Å²) >= 11 is 0. The number of esters is 1. The lowest BCUT2D eigenvalue weighted by atomic mass is 10.2. The lowest BCUT2D eigenvalue weighted by molar-refractivity contribution is -0.145. The number of likely N-dealkylation sites (tertiary alicyclic amines) is 1. The van der Waals surface area contributed by atoms with Crippen molar-refractivity contribution >= 4 is 17.7 Å². The van der Waals surface area contributed by atoms with Crippen LogP contribution < -0.4 is 10.5 Å². The molecule has 0 aromatic heterocycles. The first-order valence-electron chi connectivity index (χ1n) is 7.90. The van der Waals surface area contributed by atoms with Gasteiger partial charge in [0.2, 0.25) is 0 Å². The number of rotatable bonds is 3. The Bertz CT molecular complexity index is 659. The van der Waals surface area contributed by atoms with Crippen molar-refractivity contribution in [2.24, 2.45) is 0 Å². The molecule has 0 saturated carbocycles. The van der Waals surface area contributed by atoms with Crippen molar-refractivity contribution < 1.29 is 28.2 Å². The van der Waals surface area contributed by atoms with E-state index < -0.39 is 35.6 Å². The van der Waals surface area contributed by atoms with Crippen LogP contribution in [0.1, 0.15) is 27.2 Å². The van der Waals surface area contributed by atoms with Crippen LogP contribution in [0.5, 0.6) is 5.75 Å². The zero-order valence-corrected chi connectivity index (χ0v) is 14.7. The predicted octanol–water partition coefficient (Wildman–Crippen LogP) is 2.34. The van der Waals surface area contributed by atoms with Crippen molar-refractivity contribution in [3.05, 3.63) is 24.0 Å². The molecule has 0 bridgehead atoms. The van der Waals surface area contributed by atoms with Gasteiger partial charge in [-0.2, -0.15) is 0 Å². The van der Waals surface area contributed by atoms with Gasteiger partial charge in [-0.15, -0.1) is 0 Å². The molecule has 0 aliphatic carbocycles. The van der Waals surface area contributed by atoms with E-state index in [-0.39, 0.29) is 24.4 Å². The van der Waals surface area contributed by atoms with Crippen LogP contribution in [0.4, 0.5) is 14.9 Å². The largest absolute Gasteiger partial charge is 0.486 e. The number of hydrogen-bond donors (Lipinski definition) is 1. The van der Waals surface area contributed by atoms with Crippen LogP contribution in [0.3, 0.4) is 0 Å². The number of nitrogens with zero attached hydrogens (tertiary/aromatic N) is 1. The number of anilines is 1. The fourth-order valence-corrected chi connectivity index (χ4v) is 2.55. The molecule has 138 valence electrons. The number of nitrogens with two attached hydrogens (primary N) is 1. The number of carbonyl (C=O) groups excluding carboxylic acids is 2. The minimum atomic E-state index is -0.834. The van der Waals surface area contributed by atoms with Crippen molar-refractivity contribution in [1.29, 1.82) is 0 Å². The van der Waals surface area contributed by atoms with Crippen molar-refractivity contribution in [3.63, 3.8) is 0 Å². The summed E-state index contributed by atoms with van der Waals surface area (Å²) in [4.78, 5) is 25.6. The van der Waals surface area contributed by atoms with E-state index in [0.29, 0.717) is 0 Å². The molecule has 1 amide bonds. The third kappa shape index (κ3) is 4.74. The molecular formula is C17H23FN2O5. The highest BCUT2D eigenvalue weighted by molar-refractivity contribution is 5.82. The highest BCUT2D eigenvalue weighted by Crippen LogP contribution is 2.29. The topological polar surface area (TPSA) is 91.1 Å². The van der Waals surface area contributed by atoms with Crippen LogP contribution in [0.2, 0.25) is 0 Å². The van der Waals surface area contributed by atoms with Gasteiger partial charge in [-0.1, -0.05) is 0 Å². The maximum atomic E-state index is 13.4. The number of ether oxygens (including phenoxy) is 3. The highest BCUT2D eigenvalue weighted by atomic mass is 19.1. The molecule has 8 heteroatoms. The van der Waals surface area contributed by atoms with Crippen LogP contribution in [0.25, 0.3) is 0 Å². The van der Waals surface area contributed by atoms with E-state index in [4.69, 9.17) is 19.9 Å². The first-order chi connectivity index (χ1) is 11.6. The molecule has 2 rings (SSSR count).